The molecule has 2 rings (SSSR count). The van der Waals surface area contributed by atoms with Crippen LogP contribution in [0.4, 0.5) is 18.9 Å². The van der Waals surface area contributed by atoms with Crippen molar-refractivity contribution in [2.24, 2.45) is 5.16 Å². The van der Waals surface area contributed by atoms with Crippen LogP contribution in [0.15, 0.2) is 35.9 Å². The Morgan fingerprint density at radius 3 is 2.77 bits per heavy atom. The van der Waals surface area contributed by atoms with Crippen LogP contribution in [0, 0.1) is 6.92 Å². The van der Waals surface area contributed by atoms with Crippen molar-refractivity contribution < 1.29 is 22.8 Å². The molecule has 2 aromatic rings. The Morgan fingerprint density at radius 1 is 1.40 bits per heavy atom. The molecule has 0 aliphatic rings. The molecule has 1 amide bonds. The fourth-order valence-corrected chi connectivity index (χ4v) is 3.56. The van der Waals surface area contributed by atoms with Gasteiger partial charge in [0.15, 0.2) is 5.71 Å². The van der Waals surface area contributed by atoms with E-state index in [0.29, 0.717) is 17.9 Å². The lowest BCUT2D eigenvalue weighted by Crippen LogP contribution is -2.38. The molecule has 0 atom stereocenters. The third-order valence-electron chi connectivity index (χ3n) is 4.07. The maximum absolute atomic E-state index is 13.1. The van der Waals surface area contributed by atoms with E-state index in [1.807, 2.05) is 13.0 Å². The van der Waals surface area contributed by atoms with E-state index in [2.05, 4.69) is 15.2 Å². The number of hydrogen-bond acceptors (Lipinski definition) is 6. The second-order valence-corrected chi connectivity index (χ2v) is 7.40. The SMILES string of the molecule is CCN(C(=O)/C(CSCCCC(F)(F)F)=N\OC)c1cn(-c2cccnc2)nc1C. The molecule has 2 heterocycles. The van der Waals surface area contributed by atoms with E-state index in [9.17, 15) is 18.0 Å². The van der Waals surface area contributed by atoms with E-state index in [-0.39, 0.29) is 29.5 Å². The molecule has 0 unspecified atom stereocenters. The highest BCUT2D eigenvalue weighted by atomic mass is 32.2. The zero-order valence-corrected chi connectivity index (χ0v) is 17.8. The lowest BCUT2D eigenvalue weighted by molar-refractivity contribution is -0.134. The van der Waals surface area contributed by atoms with Gasteiger partial charge in [-0.3, -0.25) is 9.78 Å². The van der Waals surface area contributed by atoms with Crippen molar-refractivity contribution in [2.45, 2.75) is 32.9 Å². The number of carbonyl (C=O) groups excluding carboxylic acids is 1. The van der Waals surface area contributed by atoms with Gasteiger partial charge in [0.2, 0.25) is 0 Å². The summed E-state index contributed by atoms with van der Waals surface area (Å²) in [7, 11) is 1.32. The maximum Gasteiger partial charge on any atom is 0.389 e. The van der Waals surface area contributed by atoms with Crippen LogP contribution >= 0.6 is 11.8 Å². The second-order valence-electron chi connectivity index (χ2n) is 6.30. The Morgan fingerprint density at radius 2 is 2.17 bits per heavy atom. The first-order chi connectivity index (χ1) is 14.3. The van der Waals surface area contributed by atoms with Gasteiger partial charge in [0.05, 0.1) is 29.5 Å². The summed E-state index contributed by atoms with van der Waals surface area (Å²) in [6.45, 7) is 3.97. The lowest BCUT2D eigenvalue weighted by atomic mass is 10.3. The van der Waals surface area contributed by atoms with Crippen molar-refractivity contribution in [3.05, 3.63) is 36.4 Å². The van der Waals surface area contributed by atoms with Crippen molar-refractivity contribution in [1.29, 1.82) is 0 Å². The Bertz CT molecular complexity index is 856. The topological polar surface area (TPSA) is 72.6 Å². The van der Waals surface area contributed by atoms with Crippen LogP contribution in [-0.4, -0.2) is 57.7 Å². The minimum Gasteiger partial charge on any atom is -0.399 e. The number of alkyl halides is 3. The first-order valence-electron chi connectivity index (χ1n) is 9.30. The summed E-state index contributed by atoms with van der Waals surface area (Å²) < 4.78 is 38.4. The van der Waals surface area contributed by atoms with Crippen LogP contribution in [0.3, 0.4) is 0 Å². The Balaban J connectivity index is 2.11. The smallest absolute Gasteiger partial charge is 0.389 e. The maximum atomic E-state index is 13.1. The van der Waals surface area contributed by atoms with Gasteiger partial charge < -0.3 is 9.74 Å². The van der Waals surface area contributed by atoms with Crippen LogP contribution in [-0.2, 0) is 9.63 Å². The van der Waals surface area contributed by atoms with E-state index >= 15 is 0 Å². The molecule has 0 saturated carbocycles. The average molecular weight is 443 g/mol. The number of carbonyl (C=O) groups is 1. The molecule has 0 spiro atoms. The molecule has 164 valence electrons. The summed E-state index contributed by atoms with van der Waals surface area (Å²) >= 11 is 1.21. The molecule has 0 radical (unpaired) electrons. The zero-order valence-electron chi connectivity index (χ0n) is 17.0. The molecule has 2 aromatic heterocycles. The molecule has 11 heteroatoms. The number of pyridine rings is 1. The molecular formula is C19H24F3N5O2S. The minimum atomic E-state index is -4.18. The Labute approximate surface area is 177 Å². The van der Waals surface area contributed by atoms with Crippen molar-refractivity contribution >= 4 is 29.1 Å². The van der Waals surface area contributed by atoms with Crippen molar-refractivity contribution in [3.63, 3.8) is 0 Å². The van der Waals surface area contributed by atoms with Crippen molar-refractivity contribution in [1.82, 2.24) is 14.8 Å². The molecule has 7 nitrogen and oxygen atoms in total. The lowest BCUT2D eigenvalue weighted by Gasteiger charge is -2.20. The van der Waals surface area contributed by atoms with Crippen molar-refractivity contribution in [3.8, 4) is 5.69 Å². The van der Waals surface area contributed by atoms with Gasteiger partial charge in [-0.1, -0.05) is 5.16 Å². The number of rotatable bonds is 10. The van der Waals surface area contributed by atoms with Gasteiger partial charge in [0.1, 0.15) is 7.11 Å². The number of amides is 1. The molecule has 0 aliphatic carbocycles. The standard InChI is InChI=1S/C19H24F3N5O2S/c1-4-26(17-12-27(24-14(17)2)15-7-5-9-23-11-15)18(28)16(25-29-3)13-30-10-6-8-19(20,21)22/h5,7,9,11-12H,4,6,8,10,13H2,1-3H3/b25-16-. The van der Waals surface area contributed by atoms with E-state index in [0.717, 1.165) is 5.69 Å². The summed E-state index contributed by atoms with van der Waals surface area (Å²) in [4.78, 5) is 23.4. The Kier molecular flexibility index (Phi) is 8.70. The molecule has 0 aliphatic heterocycles. The monoisotopic (exact) mass is 443 g/mol. The summed E-state index contributed by atoms with van der Waals surface area (Å²) in [6, 6.07) is 3.63. The third kappa shape index (κ3) is 6.75. The van der Waals surface area contributed by atoms with Gasteiger partial charge >= 0.3 is 6.18 Å². The third-order valence-corrected chi connectivity index (χ3v) is 5.13. The quantitative estimate of drug-likeness (QED) is 0.315. The first-order valence-corrected chi connectivity index (χ1v) is 10.4. The fraction of sp³-hybridized carbons (Fsp3) is 0.474. The highest BCUT2D eigenvalue weighted by Gasteiger charge is 2.27. The molecule has 0 fully saturated rings. The second kappa shape index (κ2) is 11.0. The van der Waals surface area contributed by atoms with E-state index < -0.39 is 12.6 Å². The van der Waals surface area contributed by atoms with E-state index in [4.69, 9.17) is 4.84 Å². The molecule has 0 bridgehead atoms. The predicted molar refractivity (Wildman–Crippen MR) is 111 cm³/mol. The van der Waals surface area contributed by atoms with Gasteiger partial charge in [0.25, 0.3) is 5.91 Å². The molecule has 0 N–H and O–H groups in total. The van der Waals surface area contributed by atoms with Gasteiger partial charge in [-0.2, -0.15) is 30.0 Å². The van der Waals surface area contributed by atoms with Crippen LogP contribution in [0.1, 0.15) is 25.5 Å². The number of anilines is 1. The summed E-state index contributed by atoms with van der Waals surface area (Å²) in [5, 5.41) is 8.25. The highest BCUT2D eigenvalue weighted by molar-refractivity contribution is 8.00. The first kappa shape index (κ1) is 23.7. The van der Waals surface area contributed by atoms with E-state index in [1.54, 1.807) is 36.3 Å². The van der Waals surface area contributed by atoms with Crippen LogP contribution in [0.25, 0.3) is 5.69 Å². The average Bonchev–Trinajstić information content (AvgIpc) is 3.09. The van der Waals surface area contributed by atoms with Gasteiger partial charge in [0, 0.05) is 24.9 Å². The number of aromatic nitrogens is 3. The van der Waals surface area contributed by atoms with Crippen LogP contribution in [0.2, 0.25) is 0 Å². The largest absolute Gasteiger partial charge is 0.399 e. The molecular weight excluding hydrogens is 419 g/mol. The molecule has 0 saturated heterocycles. The van der Waals surface area contributed by atoms with Crippen LogP contribution in [0.5, 0.6) is 0 Å². The molecule has 0 aromatic carbocycles. The Hall–Kier alpha value is -2.56. The fourth-order valence-electron chi connectivity index (χ4n) is 2.70. The summed E-state index contributed by atoms with van der Waals surface area (Å²) in [5.74, 6) is 0.0349. The predicted octanol–water partition coefficient (Wildman–Crippen LogP) is 4.01. The van der Waals surface area contributed by atoms with Gasteiger partial charge in [-0.15, -0.1) is 0 Å². The number of oxime groups is 1. The summed E-state index contributed by atoms with van der Waals surface area (Å²) in [5.41, 5.74) is 2.13. The zero-order chi connectivity index (χ0) is 22.1. The normalized spacial score (nSPS) is 12.1. The van der Waals surface area contributed by atoms with E-state index in [1.165, 1.54) is 23.8 Å². The van der Waals surface area contributed by atoms with Gasteiger partial charge in [-0.25, -0.2) is 4.68 Å². The van der Waals surface area contributed by atoms with Gasteiger partial charge in [-0.05, 0) is 38.2 Å². The number of aryl methyl sites for hydroxylation is 1. The minimum absolute atomic E-state index is 0.0168. The van der Waals surface area contributed by atoms with Crippen LogP contribution < -0.4 is 4.90 Å². The molecule has 30 heavy (non-hydrogen) atoms. The number of nitrogens with zero attached hydrogens (tertiary/aromatic N) is 5. The number of hydrogen-bond donors (Lipinski definition) is 0. The summed E-state index contributed by atoms with van der Waals surface area (Å²) in [6.07, 6.45) is 0.00127. The number of thioether (sulfide) groups is 1. The number of halogens is 3. The van der Waals surface area contributed by atoms with Crippen molar-refractivity contribution in [2.75, 3.05) is 30.1 Å². The highest BCUT2D eigenvalue weighted by Crippen LogP contribution is 2.24.